The van der Waals surface area contributed by atoms with Gasteiger partial charge in [0.05, 0.1) is 5.56 Å². The van der Waals surface area contributed by atoms with Crippen molar-refractivity contribution in [2.24, 2.45) is 5.92 Å². The lowest BCUT2D eigenvalue weighted by molar-refractivity contribution is -0.137. The summed E-state index contributed by atoms with van der Waals surface area (Å²) in [4.78, 5) is 16.0. The van der Waals surface area contributed by atoms with Gasteiger partial charge in [-0.05, 0) is 44.6 Å². The van der Waals surface area contributed by atoms with Crippen LogP contribution in [0.2, 0.25) is 0 Å². The maximum Gasteiger partial charge on any atom is 0.417 e. The SMILES string of the molecule is O=C(NC1CCC(Oc2ccc(C(F)(F)F)cn2)CC1)C1CCOCC1. The van der Waals surface area contributed by atoms with E-state index in [1.807, 2.05) is 0 Å². The number of pyridine rings is 1. The molecule has 1 amide bonds. The summed E-state index contributed by atoms with van der Waals surface area (Å²) in [6.45, 7) is 1.28. The highest BCUT2D eigenvalue weighted by molar-refractivity contribution is 5.79. The third kappa shape index (κ3) is 5.09. The van der Waals surface area contributed by atoms with E-state index in [4.69, 9.17) is 9.47 Å². The molecule has 26 heavy (non-hydrogen) atoms. The summed E-state index contributed by atoms with van der Waals surface area (Å²) < 4.78 is 48.6. The molecule has 0 bridgehead atoms. The number of amides is 1. The third-order valence-corrected chi connectivity index (χ3v) is 4.96. The molecule has 0 aromatic carbocycles. The number of carbonyl (C=O) groups excluding carboxylic acids is 1. The lowest BCUT2D eigenvalue weighted by atomic mass is 9.91. The quantitative estimate of drug-likeness (QED) is 0.881. The Morgan fingerprint density at radius 2 is 1.81 bits per heavy atom. The molecule has 5 nitrogen and oxygen atoms in total. The van der Waals surface area contributed by atoms with Gasteiger partial charge in [0.1, 0.15) is 6.10 Å². The Morgan fingerprint density at radius 1 is 1.12 bits per heavy atom. The van der Waals surface area contributed by atoms with E-state index in [9.17, 15) is 18.0 Å². The van der Waals surface area contributed by atoms with Crippen molar-refractivity contribution in [3.8, 4) is 5.88 Å². The fraction of sp³-hybridized carbons (Fsp3) is 0.667. The van der Waals surface area contributed by atoms with E-state index in [-0.39, 0.29) is 29.9 Å². The van der Waals surface area contributed by atoms with E-state index in [1.165, 1.54) is 6.07 Å². The van der Waals surface area contributed by atoms with Crippen molar-refractivity contribution in [3.63, 3.8) is 0 Å². The zero-order valence-electron chi connectivity index (χ0n) is 14.4. The number of ether oxygens (including phenoxy) is 2. The summed E-state index contributed by atoms with van der Waals surface area (Å²) in [5.41, 5.74) is -0.788. The third-order valence-electron chi connectivity index (χ3n) is 4.96. The number of aromatic nitrogens is 1. The predicted molar refractivity (Wildman–Crippen MR) is 87.6 cm³/mol. The largest absolute Gasteiger partial charge is 0.474 e. The molecule has 0 atom stereocenters. The van der Waals surface area contributed by atoms with Crippen LogP contribution in [0.5, 0.6) is 5.88 Å². The van der Waals surface area contributed by atoms with Crippen molar-refractivity contribution in [2.45, 2.75) is 56.8 Å². The van der Waals surface area contributed by atoms with Crippen molar-refractivity contribution in [1.29, 1.82) is 0 Å². The fourth-order valence-electron chi connectivity index (χ4n) is 3.39. The Kier molecular flexibility index (Phi) is 6.01. The summed E-state index contributed by atoms with van der Waals surface area (Å²) in [5, 5.41) is 3.11. The molecule has 2 heterocycles. The van der Waals surface area contributed by atoms with E-state index < -0.39 is 11.7 Å². The first kappa shape index (κ1) is 18.9. The van der Waals surface area contributed by atoms with Gasteiger partial charge in [0.2, 0.25) is 11.8 Å². The van der Waals surface area contributed by atoms with Crippen molar-refractivity contribution < 1.29 is 27.4 Å². The molecule has 2 aliphatic rings. The molecule has 0 radical (unpaired) electrons. The van der Waals surface area contributed by atoms with Crippen molar-refractivity contribution in [3.05, 3.63) is 23.9 Å². The first-order chi connectivity index (χ1) is 12.4. The molecule has 144 valence electrons. The minimum Gasteiger partial charge on any atom is -0.474 e. The van der Waals surface area contributed by atoms with Gasteiger partial charge < -0.3 is 14.8 Å². The molecule has 2 fully saturated rings. The van der Waals surface area contributed by atoms with E-state index in [1.54, 1.807) is 0 Å². The van der Waals surface area contributed by atoms with Crippen molar-refractivity contribution in [1.82, 2.24) is 10.3 Å². The van der Waals surface area contributed by atoms with Gasteiger partial charge in [0.25, 0.3) is 0 Å². The molecule has 1 aliphatic heterocycles. The molecular formula is C18H23F3N2O3. The number of hydrogen-bond acceptors (Lipinski definition) is 4. The highest BCUT2D eigenvalue weighted by Gasteiger charge is 2.31. The smallest absolute Gasteiger partial charge is 0.417 e. The van der Waals surface area contributed by atoms with Crippen LogP contribution >= 0.6 is 0 Å². The van der Waals surface area contributed by atoms with E-state index in [2.05, 4.69) is 10.3 Å². The zero-order valence-corrected chi connectivity index (χ0v) is 14.4. The maximum atomic E-state index is 12.5. The number of nitrogens with one attached hydrogen (secondary N) is 1. The minimum atomic E-state index is -4.40. The van der Waals surface area contributed by atoms with Crippen LogP contribution in [0.4, 0.5) is 13.2 Å². The van der Waals surface area contributed by atoms with Gasteiger partial charge in [-0.15, -0.1) is 0 Å². The Morgan fingerprint density at radius 3 is 2.38 bits per heavy atom. The molecule has 1 saturated carbocycles. The molecule has 0 unspecified atom stereocenters. The highest BCUT2D eigenvalue weighted by Crippen LogP contribution is 2.30. The van der Waals surface area contributed by atoms with Crippen molar-refractivity contribution >= 4 is 5.91 Å². The molecule has 1 N–H and O–H groups in total. The first-order valence-corrected chi connectivity index (χ1v) is 9.00. The van der Waals surface area contributed by atoms with Crippen LogP contribution in [0.25, 0.3) is 0 Å². The molecule has 1 aliphatic carbocycles. The summed E-state index contributed by atoms with van der Waals surface area (Å²) in [6.07, 6.45) is 0.897. The van der Waals surface area contributed by atoms with Crippen LogP contribution in [0.1, 0.15) is 44.1 Å². The van der Waals surface area contributed by atoms with Crippen LogP contribution in [-0.4, -0.2) is 36.3 Å². The molecule has 0 spiro atoms. The van der Waals surface area contributed by atoms with Gasteiger partial charge in [-0.3, -0.25) is 4.79 Å². The number of carbonyl (C=O) groups is 1. The number of hydrogen-bond donors (Lipinski definition) is 1. The lowest BCUT2D eigenvalue weighted by Crippen LogP contribution is -2.43. The van der Waals surface area contributed by atoms with Gasteiger partial charge in [-0.1, -0.05) is 0 Å². The van der Waals surface area contributed by atoms with Crippen LogP contribution in [-0.2, 0) is 15.7 Å². The van der Waals surface area contributed by atoms with Crippen LogP contribution in [0.15, 0.2) is 18.3 Å². The van der Waals surface area contributed by atoms with Crippen LogP contribution < -0.4 is 10.1 Å². The average Bonchev–Trinajstić information content (AvgIpc) is 2.64. The zero-order chi connectivity index (χ0) is 18.6. The molecule has 8 heteroatoms. The monoisotopic (exact) mass is 372 g/mol. The normalized spacial score (nSPS) is 24.9. The fourth-order valence-corrected chi connectivity index (χ4v) is 3.39. The van der Waals surface area contributed by atoms with Crippen LogP contribution in [0, 0.1) is 5.92 Å². The summed E-state index contributed by atoms with van der Waals surface area (Å²) in [7, 11) is 0. The summed E-state index contributed by atoms with van der Waals surface area (Å²) >= 11 is 0. The standard InChI is InChI=1S/C18H23F3N2O3/c19-18(20,21)13-1-6-16(22-11-13)26-15-4-2-14(3-5-15)23-17(24)12-7-9-25-10-8-12/h1,6,11-12,14-15H,2-5,7-10H2,(H,23,24). The van der Waals surface area contributed by atoms with Crippen molar-refractivity contribution in [2.75, 3.05) is 13.2 Å². The second kappa shape index (κ2) is 8.24. The Hall–Kier alpha value is -1.83. The van der Waals surface area contributed by atoms with E-state index in [0.717, 1.165) is 50.8 Å². The Bertz CT molecular complexity index is 593. The van der Waals surface area contributed by atoms with E-state index >= 15 is 0 Å². The number of rotatable bonds is 4. The van der Waals surface area contributed by atoms with Gasteiger partial charge in [-0.25, -0.2) is 4.98 Å². The van der Waals surface area contributed by atoms with Gasteiger partial charge in [0.15, 0.2) is 0 Å². The maximum absolute atomic E-state index is 12.5. The molecule has 1 saturated heterocycles. The topological polar surface area (TPSA) is 60.5 Å². The summed E-state index contributed by atoms with van der Waals surface area (Å²) in [6, 6.07) is 2.36. The summed E-state index contributed by atoms with van der Waals surface area (Å²) in [5.74, 6) is 0.337. The number of alkyl halides is 3. The Balaban J connectivity index is 1.43. The molecule has 3 rings (SSSR count). The Labute approximate surface area is 150 Å². The van der Waals surface area contributed by atoms with Crippen LogP contribution in [0.3, 0.4) is 0 Å². The number of halogens is 3. The predicted octanol–water partition coefficient (Wildman–Crippen LogP) is 3.33. The van der Waals surface area contributed by atoms with Gasteiger partial charge in [0, 0.05) is 37.4 Å². The number of nitrogens with zero attached hydrogens (tertiary/aromatic N) is 1. The van der Waals surface area contributed by atoms with Gasteiger partial charge in [-0.2, -0.15) is 13.2 Å². The van der Waals surface area contributed by atoms with E-state index in [0.29, 0.717) is 13.2 Å². The second-order valence-electron chi connectivity index (χ2n) is 6.87. The highest BCUT2D eigenvalue weighted by atomic mass is 19.4. The second-order valence-corrected chi connectivity index (χ2v) is 6.87. The molecule has 1 aromatic rings. The average molecular weight is 372 g/mol. The minimum absolute atomic E-state index is 0.0362. The lowest BCUT2D eigenvalue weighted by Gasteiger charge is -2.31. The molecular weight excluding hydrogens is 349 g/mol. The molecule has 1 aromatic heterocycles. The first-order valence-electron chi connectivity index (χ1n) is 9.00. The van der Waals surface area contributed by atoms with Gasteiger partial charge >= 0.3 is 6.18 Å².